The molecule has 0 amide bonds. The van der Waals surface area contributed by atoms with Gasteiger partial charge in [-0.05, 0) is 15.9 Å². The topological polar surface area (TPSA) is 69.1 Å². The first-order valence-electron chi connectivity index (χ1n) is 4.95. The molecule has 19 heavy (non-hydrogen) atoms. The highest BCUT2D eigenvalue weighted by Gasteiger charge is 2.30. The summed E-state index contributed by atoms with van der Waals surface area (Å²) in [5, 5.41) is 3.55. The Kier molecular flexibility index (Phi) is 3.94. The summed E-state index contributed by atoms with van der Waals surface area (Å²) in [6.45, 7) is 0.797. The molecule has 0 aliphatic carbocycles. The number of fused-ring (bicyclic) bond motifs is 2. The molecular formula is C8H4N4OS6. The van der Waals surface area contributed by atoms with E-state index in [2.05, 4.69) is 10.0 Å². The van der Waals surface area contributed by atoms with Gasteiger partial charge >= 0.3 is 0 Å². The Morgan fingerprint density at radius 2 is 1.95 bits per heavy atom. The monoisotopic (exact) mass is 364 g/mol. The molecule has 0 unspecified atom stereocenters. The lowest BCUT2D eigenvalue weighted by Crippen LogP contribution is -2.26. The molecule has 2 aromatic heterocycles. The van der Waals surface area contributed by atoms with Crippen LogP contribution in [0.5, 0.6) is 0 Å². The van der Waals surface area contributed by atoms with Gasteiger partial charge in [-0.25, -0.2) is 0 Å². The van der Waals surface area contributed by atoms with Gasteiger partial charge in [0.05, 0.1) is 5.69 Å². The second-order valence-electron chi connectivity index (χ2n) is 3.39. The van der Waals surface area contributed by atoms with Crippen molar-refractivity contribution in [2.45, 2.75) is 8.42 Å². The minimum atomic E-state index is 0.0460. The molecule has 3 rings (SSSR count). The fraction of sp³-hybridized carbons (Fsp3) is 0.250. The van der Waals surface area contributed by atoms with E-state index in [0.29, 0.717) is 18.8 Å². The van der Waals surface area contributed by atoms with E-state index in [9.17, 15) is 4.79 Å². The molecule has 11 heteroatoms. The molecule has 1 aliphatic rings. The van der Waals surface area contributed by atoms with Crippen molar-refractivity contribution in [3.05, 3.63) is 23.8 Å². The van der Waals surface area contributed by atoms with Crippen LogP contribution >= 0.6 is 65.3 Å². The summed E-state index contributed by atoms with van der Waals surface area (Å²) >= 11 is 6.96. The van der Waals surface area contributed by atoms with Crippen LogP contribution in [-0.4, -0.2) is 13.1 Å². The van der Waals surface area contributed by atoms with Crippen LogP contribution in [0.25, 0.3) is 10.4 Å². The lowest BCUT2D eigenvalue weighted by atomic mass is 10.4. The molecule has 98 valence electrons. The largest absolute Gasteiger partial charge is 0.332 e. The van der Waals surface area contributed by atoms with E-state index < -0.39 is 0 Å². The molecule has 0 spiro atoms. The summed E-state index contributed by atoms with van der Waals surface area (Å²) in [4.78, 5) is 16.7. The number of anilines is 2. The van der Waals surface area contributed by atoms with Gasteiger partial charge in [-0.15, -0.1) is 0 Å². The van der Waals surface area contributed by atoms with Gasteiger partial charge in [-0.1, -0.05) is 60.1 Å². The Labute approximate surface area is 131 Å². The van der Waals surface area contributed by atoms with Crippen molar-refractivity contribution in [1.29, 1.82) is 0 Å². The maximum absolute atomic E-state index is 12.0. The minimum absolute atomic E-state index is 0.0460. The number of hydrogen-bond donors (Lipinski definition) is 0. The highest BCUT2D eigenvalue weighted by Crippen LogP contribution is 2.54. The van der Waals surface area contributed by atoms with Crippen LogP contribution in [0.4, 0.5) is 11.4 Å². The van der Waals surface area contributed by atoms with Gasteiger partial charge in [0.1, 0.15) is 17.9 Å². The Morgan fingerprint density at radius 3 is 2.74 bits per heavy atom. The maximum atomic E-state index is 12.0. The fourth-order valence-electron chi connectivity index (χ4n) is 1.66. The Balaban J connectivity index is 2.11. The normalized spacial score (nSPS) is 12.7. The van der Waals surface area contributed by atoms with Crippen LogP contribution in [0.1, 0.15) is 0 Å². The summed E-state index contributed by atoms with van der Waals surface area (Å²) in [7, 11) is 5.90. The van der Waals surface area contributed by atoms with Gasteiger partial charge in [0.15, 0.2) is 0 Å². The van der Waals surface area contributed by atoms with Gasteiger partial charge in [-0.2, -0.15) is 0 Å². The molecule has 1 aliphatic heterocycles. The second kappa shape index (κ2) is 5.52. The van der Waals surface area contributed by atoms with Crippen LogP contribution in [0.2, 0.25) is 0 Å². The van der Waals surface area contributed by atoms with Gasteiger partial charge < -0.3 is 4.90 Å². The van der Waals surface area contributed by atoms with Crippen molar-refractivity contribution < 1.29 is 0 Å². The molecule has 2 aromatic rings. The van der Waals surface area contributed by atoms with E-state index in [4.69, 9.17) is 17.7 Å². The standard InChI is InChI=1S/C8H4N4OS6/c9-11-10-1-2-12-3-5(13)16-18-7(3)15-8-4(12)6(14)17-19-8/h1-2H2. The van der Waals surface area contributed by atoms with E-state index in [1.807, 2.05) is 4.90 Å². The van der Waals surface area contributed by atoms with Crippen molar-refractivity contribution in [3.63, 3.8) is 0 Å². The average Bonchev–Trinajstić information content (AvgIpc) is 2.94. The zero-order valence-corrected chi connectivity index (χ0v) is 14.0. The summed E-state index contributed by atoms with van der Waals surface area (Å²) in [6, 6.07) is 0. The molecule has 0 N–H and O–H groups in total. The molecule has 0 saturated heterocycles. The molecule has 3 heterocycles. The zero-order valence-electron chi connectivity index (χ0n) is 9.06. The second-order valence-corrected chi connectivity index (χ2v) is 9.85. The predicted octanol–water partition coefficient (Wildman–Crippen LogP) is 4.94. The molecule has 0 atom stereocenters. The molecular weight excluding hydrogens is 361 g/mol. The zero-order chi connectivity index (χ0) is 13.4. The number of azide groups is 1. The Bertz CT molecular complexity index is 723. The number of rotatable bonds is 3. The first-order chi connectivity index (χ1) is 9.22. The lowest BCUT2D eigenvalue weighted by molar-refractivity contribution is 0.900. The third kappa shape index (κ3) is 2.35. The first kappa shape index (κ1) is 13.6. The summed E-state index contributed by atoms with van der Waals surface area (Å²) in [5.74, 6) is 0. The molecule has 0 aromatic carbocycles. The van der Waals surface area contributed by atoms with Gasteiger partial charge in [0.25, 0.3) is 4.74 Å². The van der Waals surface area contributed by atoms with Crippen LogP contribution in [0.3, 0.4) is 0 Å². The third-order valence-electron chi connectivity index (χ3n) is 2.37. The predicted molar refractivity (Wildman–Crippen MR) is 86.6 cm³/mol. The molecule has 0 radical (unpaired) electrons. The van der Waals surface area contributed by atoms with Crippen LogP contribution in [0.15, 0.2) is 18.3 Å². The van der Waals surface area contributed by atoms with E-state index in [-0.39, 0.29) is 4.74 Å². The number of nitrogens with zero attached hydrogens (tertiary/aromatic N) is 4. The van der Waals surface area contributed by atoms with Gasteiger partial charge in [-0.3, -0.25) is 4.79 Å². The molecule has 0 fully saturated rings. The highest BCUT2D eigenvalue weighted by molar-refractivity contribution is 8.06. The lowest BCUT2D eigenvalue weighted by Gasteiger charge is -2.26. The molecule has 0 bridgehead atoms. The maximum Gasteiger partial charge on any atom is 0.267 e. The minimum Gasteiger partial charge on any atom is -0.332 e. The van der Waals surface area contributed by atoms with Gasteiger partial charge in [0.2, 0.25) is 0 Å². The smallest absolute Gasteiger partial charge is 0.267 e. The van der Waals surface area contributed by atoms with E-state index in [1.165, 1.54) is 31.0 Å². The van der Waals surface area contributed by atoms with Crippen molar-refractivity contribution in [3.8, 4) is 0 Å². The van der Waals surface area contributed by atoms with Crippen molar-refractivity contribution in [2.75, 3.05) is 18.0 Å². The van der Waals surface area contributed by atoms with E-state index in [1.54, 1.807) is 22.1 Å². The van der Waals surface area contributed by atoms with Crippen molar-refractivity contribution in [1.82, 2.24) is 0 Å². The van der Waals surface area contributed by atoms with Crippen molar-refractivity contribution in [2.24, 2.45) is 5.11 Å². The van der Waals surface area contributed by atoms with E-state index in [0.717, 1.165) is 17.9 Å². The van der Waals surface area contributed by atoms with E-state index >= 15 is 0 Å². The highest BCUT2D eigenvalue weighted by atomic mass is 32.9. The molecule has 0 saturated carbocycles. The van der Waals surface area contributed by atoms with Crippen LogP contribution in [0, 0.1) is 3.82 Å². The Morgan fingerprint density at radius 1 is 1.21 bits per heavy atom. The van der Waals surface area contributed by atoms with Crippen LogP contribution < -0.4 is 9.64 Å². The Hall–Kier alpha value is -0.420. The number of hydrogen-bond acceptors (Lipinski definition) is 9. The first-order valence-corrected chi connectivity index (χ1v) is 10.5. The van der Waals surface area contributed by atoms with Crippen molar-refractivity contribution >= 4 is 76.7 Å². The average molecular weight is 365 g/mol. The third-order valence-corrected chi connectivity index (χ3v) is 9.52. The van der Waals surface area contributed by atoms with Gasteiger partial charge in [0, 0.05) is 18.0 Å². The summed E-state index contributed by atoms with van der Waals surface area (Å²) in [5.41, 5.74) is 10.00. The molecule has 5 nitrogen and oxygen atoms in total. The quantitative estimate of drug-likeness (QED) is 0.254. The fourth-order valence-corrected chi connectivity index (χ4v) is 8.81. The summed E-state index contributed by atoms with van der Waals surface area (Å²) < 4.78 is 2.96. The summed E-state index contributed by atoms with van der Waals surface area (Å²) in [6.07, 6.45) is 0. The van der Waals surface area contributed by atoms with Crippen LogP contribution in [-0.2, 0) is 0 Å². The SMILES string of the molecule is [N-]=[N+]=NCCN1c2c(ssc2=O)Sc2ssc(=S)c21.